The van der Waals surface area contributed by atoms with Gasteiger partial charge in [-0.25, -0.2) is 0 Å². The Hall–Kier alpha value is -2.70. The Morgan fingerprint density at radius 2 is 2.14 bits per heavy atom. The number of nitrogens with two attached hydrogens (primary N) is 1. The summed E-state index contributed by atoms with van der Waals surface area (Å²) in [5, 5.41) is 2.18. The highest BCUT2D eigenvalue weighted by Crippen LogP contribution is 2.36. The number of hydrogen-bond donors (Lipinski definition) is 2. The van der Waals surface area contributed by atoms with Gasteiger partial charge in [0.25, 0.3) is 5.91 Å². The molecule has 2 aliphatic heterocycles. The van der Waals surface area contributed by atoms with Crippen LogP contribution in [0, 0.1) is 6.07 Å². The Labute approximate surface area is 120 Å². The summed E-state index contributed by atoms with van der Waals surface area (Å²) < 4.78 is 0. The van der Waals surface area contributed by atoms with Gasteiger partial charge in [-0.15, -0.1) is 0 Å². The van der Waals surface area contributed by atoms with Crippen molar-refractivity contribution >= 4 is 23.6 Å². The van der Waals surface area contributed by atoms with Crippen LogP contribution in [0.15, 0.2) is 18.2 Å². The largest absolute Gasteiger partial charge is 0.368 e. The van der Waals surface area contributed by atoms with Crippen molar-refractivity contribution in [3.63, 3.8) is 0 Å². The van der Waals surface area contributed by atoms with E-state index in [4.69, 9.17) is 5.73 Å². The Balaban J connectivity index is 2.02. The lowest BCUT2D eigenvalue weighted by Crippen LogP contribution is -2.55. The van der Waals surface area contributed by atoms with E-state index in [1.807, 2.05) is 0 Å². The van der Waals surface area contributed by atoms with Crippen LogP contribution in [0.25, 0.3) is 0 Å². The van der Waals surface area contributed by atoms with Gasteiger partial charge in [-0.05, 0) is 18.6 Å². The van der Waals surface area contributed by atoms with Crippen molar-refractivity contribution in [3.8, 4) is 0 Å². The second kappa shape index (κ2) is 4.69. The Morgan fingerprint density at radius 1 is 1.38 bits per heavy atom. The van der Waals surface area contributed by atoms with Gasteiger partial charge < -0.3 is 10.6 Å². The van der Waals surface area contributed by atoms with Crippen molar-refractivity contribution in [1.29, 1.82) is 0 Å². The second-order valence-electron chi connectivity index (χ2n) is 4.98. The molecule has 0 bridgehead atoms. The van der Waals surface area contributed by atoms with Gasteiger partial charge in [0.05, 0.1) is 0 Å². The first-order valence-corrected chi connectivity index (χ1v) is 6.47. The van der Waals surface area contributed by atoms with Crippen molar-refractivity contribution in [1.82, 2.24) is 10.2 Å². The monoisotopic (exact) mass is 286 g/mol. The van der Waals surface area contributed by atoms with Crippen LogP contribution in [0.2, 0.25) is 0 Å². The molecule has 0 saturated carbocycles. The maximum atomic E-state index is 12.5. The zero-order chi connectivity index (χ0) is 15.1. The fourth-order valence-corrected chi connectivity index (χ4v) is 2.81. The molecule has 1 aromatic carbocycles. The fourth-order valence-electron chi connectivity index (χ4n) is 2.81. The van der Waals surface area contributed by atoms with Crippen LogP contribution in [0.3, 0.4) is 0 Å². The molecule has 3 rings (SSSR count). The minimum atomic E-state index is -1.03. The number of carbonyl (C=O) groups excluding carboxylic acids is 4. The molecule has 1 radical (unpaired) electrons. The van der Waals surface area contributed by atoms with E-state index in [9.17, 15) is 19.2 Å². The molecular formula is C14H12N3O4. The van der Waals surface area contributed by atoms with E-state index in [0.717, 1.165) is 4.90 Å². The zero-order valence-electron chi connectivity index (χ0n) is 11.0. The molecule has 0 aliphatic carbocycles. The molecule has 0 aromatic heterocycles. The van der Waals surface area contributed by atoms with Crippen LogP contribution in [0.5, 0.6) is 0 Å². The summed E-state index contributed by atoms with van der Waals surface area (Å²) in [6.07, 6.45) is 0.292. The van der Waals surface area contributed by atoms with Crippen molar-refractivity contribution in [2.75, 3.05) is 0 Å². The number of carbonyl (C=O) groups is 4. The SMILES string of the molecule is NC(=O)C1c2[c]cccc2C(=O)N1C1CCC(=O)NC1=O. The maximum Gasteiger partial charge on any atom is 0.255 e. The quantitative estimate of drug-likeness (QED) is 0.699. The molecule has 1 saturated heterocycles. The molecule has 0 spiro atoms. The molecule has 2 atom stereocenters. The van der Waals surface area contributed by atoms with E-state index in [2.05, 4.69) is 11.4 Å². The summed E-state index contributed by atoms with van der Waals surface area (Å²) in [7, 11) is 0. The Bertz CT molecular complexity index is 670. The molecule has 4 amide bonds. The summed E-state index contributed by atoms with van der Waals surface area (Å²) in [6, 6.07) is 5.70. The normalized spacial score (nSPS) is 24.8. The molecule has 7 heteroatoms. The Morgan fingerprint density at radius 3 is 2.81 bits per heavy atom. The predicted molar refractivity (Wildman–Crippen MR) is 69.6 cm³/mol. The number of fused-ring (bicyclic) bond motifs is 1. The molecule has 3 N–H and O–H groups in total. The van der Waals surface area contributed by atoms with Crippen LogP contribution < -0.4 is 11.1 Å². The standard InChI is InChI=1S/C14H12N3O4/c15-12(19)11-7-3-1-2-4-8(7)14(21)17(11)9-5-6-10(18)16-13(9)20/h1-2,4,9,11H,5-6H2,(H2,15,19)(H,16,18,20). The predicted octanol–water partition coefficient (Wildman–Crippen LogP) is -0.726. The first-order chi connectivity index (χ1) is 10.0. The van der Waals surface area contributed by atoms with Gasteiger partial charge in [0.2, 0.25) is 17.7 Å². The average molecular weight is 286 g/mol. The summed E-state index contributed by atoms with van der Waals surface area (Å²) in [5.74, 6) is -2.14. The lowest BCUT2D eigenvalue weighted by Gasteiger charge is -2.32. The van der Waals surface area contributed by atoms with Crippen LogP contribution in [-0.4, -0.2) is 34.6 Å². The smallest absolute Gasteiger partial charge is 0.255 e. The van der Waals surface area contributed by atoms with E-state index < -0.39 is 29.8 Å². The number of nitrogens with one attached hydrogen (secondary N) is 1. The molecule has 7 nitrogen and oxygen atoms in total. The third-order valence-electron chi connectivity index (χ3n) is 3.72. The van der Waals surface area contributed by atoms with E-state index in [1.165, 1.54) is 0 Å². The summed E-state index contributed by atoms with van der Waals surface area (Å²) in [5.41, 5.74) is 6.08. The van der Waals surface area contributed by atoms with Gasteiger partial charge in [-0.2, -0.15) is 0 Å². The molecule has 2 aliphatic rings. The molecule has 2 unspecified atom stereocenters. The van der Waals surface area contributed by atoms with E-state index in [-0.39, 0.29) is 18.7 Å². The number of amides is 4. The van der Waals surface area contributed by atoms with E-state index in [1.54, 1.807) is 18.2 Å². The number of piperidine rings is 1. The van der Waals surface area contributed by atoms with Gasteiger partial charge >= 0.3 is 0 Å². The van der Waals surface area contributed by atoms with Crippen molar-refractivity contribution < 1.29 is 19.2 Å². The van der Waals surface area contributed by atoms with Crippen LogP contribution in [0.4, 0.5) is 0 Å². The minimum Gasteiger partial charge on any atom is -0.368 e. The Kier molecular flexibility index (Phi) is 2.97. The van der Waals surface area contributed by atoms with Crippen molar-refractivity contribution in [2.45, 2.75) is 24.9 Å². The molecule has 2 heterocycles. The van der Waals surface area contributed by atoms with E-state index in [0.29, 0.717) is 11.1 Å². The average Bonchev–Trinajstić information content (AvgIpc) is 2.73. The number of benzene rings is 1. The molecule has 1 aromatic rings. The first-order valence-electron chi connectivity index (χ1n) is 6.47. The summed E-state index contributed by atoms with van der Waals surface area (Å²) in [6.45, 7) is 0. The number of nitrogens with zero attached hydrogens (tertiary/aromatic N) is 1. The molecule has 1 fully saturated rings. The van der Waals surface area contributed by atoms with Gasteiger partial charge in [0.15, 0.2) is 0 Å². The number of primary amides is 1. The van der Waals surface area contributed by atoms with Crippen LogP contribution in [-0.2, 0) is 14.4 Å². The molecular weight excluding hydrogens is 274 g/mol. The van der Waals surface area contributed by atoms with Gasteiger partial charge in [-0.1, -0.05) is 12.1 Å². The lowest BCUT2D eigenvalue weighted by molar-refractivity contribution is -0.138. The van der Waals surface area contributed by atoms with Crippen molar-refractivity contribution in [3.05, 3.63) is 35.4 Å². The summed E-state index contributed by atoms with van der Waals surface area (Å²) >= 11 is 0. The van der Waals surface area contributed by atoms with Gasteiger partial charge in [-0.3, -0.25) is 24.5 Å². The number of hydrogen-bond acceptors (Lipinski definition) is 4. The third-order valence-corrected chi connectivity index (χ3v) is 3.72. The van der Waals surface area contributed by atoms with Gasteiger partial charge in [0.1, 0.15) is 12.1 Å². The van der Waals surface area contributed by atoms with Crippen molar-refractivity contribution in [2.24, 2.45) is 5.73 Å². The highest BCUT2D eigenvalue weighted by atomic mass is 16.2. The third kappa shape index (κ3) is 1.97. The zero-order valence-corrected chi connectivity index (χ0v) is 11.0. The fraction of sp³-hybridized carbons (Fsp3) is 0.286. The first kappa shape index (κ1) is 13.3. The number of rotatable bonds is 2. The van der Waals surface area contributed by atoms with E-state index >= 15 is 0 Å². The molecule has 21 heavy (non-hydrogen) atoms. The highest BCUT2D eigenvalue weighted by Gasteiger charge is 2.47. The molecule has 107 valence electrons. The minimum absolute atomic E-state index is 0.117. The highest BCUT2D eigenvalue weighted by molar-refractivity contribution is 6.08. The van der Waals surface area contributed by atoms with Crippen LogP contribution >= 0.6 is 0 Å². The van der Waals surface area contributed by atoms with Crippen LogP contribution in [0.1, 0.15) is 34.8 Å². The number of imide groups is 1. The summed E-state index contributed by atoms with van der Waals surface area (Å²) in [4.78, 5) is 48.6. The maximum absolute atomic E-state index is 12.5. The topological polar surface area (TPSA) is 110 Å². The second-order valence-corrected chi connectivity index (χ2v) is 4.98. The van der Waals surface area contributed by atoms with Gasteiger partial charge in [0, 0.05) is 17.5 Å². The lowest BCUT2D eigenvalue weighted by atomic mass is 10.0.